The Kier molecular flexibility index (Phi) is 5.72. The van der Waals surface area contributed by atoms with Crippen molar-refractivity contribution in [3.63, 3.8) is 0 Å². The van der Waals surface area contributed by atoms with Gasteiger partial charge in [0.05, 0.1) is 0 Å². The van der Waals surface area contributed by atoms with Crippen molar-refractivity contribution >= 4 is 0 Å². The van der Waals surface area contributed by atoms with Crippen LogP contribution in [0.25, 0.3) is 0 Å². The Morgan fingerprint density at radius 2 is 0.625 bits per heavy atom. The van der Waals surface area contributed by atoms with E-state index in [1.54, 1.807) is 25.7 Å². The van der Waals surface area contributed by atoms with Crippen LogP contribution in [0.4, 0.5) is 0 Å². The maximum absolute atomic E-state index is 1.56. The predicted octanol–water partition coefficient (Wildman–Crippen LogP) is 5.71. The fraction of sp³-hybridized carbons (Fsp3) is 1.00. The molecule has 16 heavy (non-hydrogen) atoms. The van der Waals surface area contributed by atoms with E-state index in [1.165, 1.54) is 64.2 Å². The van der Waals surface area contributed by atoms with Gasteiger partial charge in [0, 0.05) is 0 Å². The van der Waals surface area contributed by atoms with E-state index >= 15 is 0 Å². The topological polar surface area (TPSA) is 0 Å². The zero-order chi connectivity index (χ0) is 11.1. The van der Waals surface area contributed by atoms with Crippen molar-refractivity contribution in [3.05, 3.63) is 0 Å². The van der Waals surface area contributed by atoms with Crippen LogP contribution in [-0.2, 0) is 0 Å². The van der Waals surface area contributed by atoms with Crippen LogP contribution in [-0.4, -0.2) is 0 Å². The molecule has 0 bridgehead atoms. The lowest BCUT2D eigenvalue weighted by Crippen LogP contribution is -2.07. The molecule has 2 unspecified atom stereocenters. The third-order valence-electron chi connectivity index (χ3n) is 4.97. The van der Waals surface area contributed by atoms with Crippen LogP contribution < -0.4 is 0 Å². The summed E-state index contributed by atoms with van der Waals surface area (Å²) in [5.41, 5.74) is 0. The minimum Gasteiger partial charge on any atom is -0.0533 e. The first-order chi connectivity index (χ1) is 7.97. The lowest BCUT2D eigenvalue weighted by atomic mass is 9.87. The van der Waals surface area contributed by atoms with E-state index in [-0.39, 0.29) is 0 Å². The molecular formula is C16H30. The molecule has 0 nitrogen and oxygen atoms in total. The summed E-state index contributed by atoms with van der Waals surface area (Å²) >= 11 is 0. The predicted molar refractivity (Wildman–Crippen MR) is 71.6 cm³/mol. The molecule has 0 amide bonds. The summed E-state index contributed by atoms with van der Waals surface area (Å²) in [5, 5.41) is 0. The normalized spacial score (nSPS) is 34.5. The maximum atomic E-state index is 1.56. The van der Waals surface area contributed by atoms with Crippen molar-refractivity contribution in [1.29, 1.82) is 0 Å². The van der Waals surface area contributed by atoms with Crippen molar-refractivity contribution in [3.8, 4) is 0 Å². The van der Waals surface area contributed by atoms with E-state index in [4.69, 9.17) is 0 Å². The summed E-state index contributed by atoms with van der Waals surface area (Å²) in [5.74, 6) is 2.25. The fourth-order valence-corrected chi connectivity index (χ4v) is 3.92. The Labute approximate surface area is 102 Å². The smallest absolute Gasteiger partial charge is 0.0386 e. The summed E-state index contributed by atoms with van der Waals surface area (Å²) in [6.45, 7) is 0. The minimum atomic E-state index is 1.13. The second kappa shape index (κ2) is 7.35. The number of hydrogen-bond acceptors (Lipinski definition) is 0. The van der Waals surface area contributed by atoms with Crippen molar-refractivity contribution < 1.29 is 0 Å². The van der Waals surface area contributed by atoms with Crippen molar-refractivity contribution in [2.24, 2.45) is 11.8 Å². The number of fused-ring (bicyclic) bond motifs is 1. The summed E-state index contributed by atoms with van der Waals surface area (Å²) in [6.07, 6.45) is 21.4. The first kappa shape index (κ1) is 12.5. The van der Waals surface area contributed by atoms with Gasteiger partial charge in [0.15, 0.2) is 0 Å². The molecular weight excluding hydrogens is 192 g/mol. The fourth-order valence-electron chi connectivity index (χ4n) is 3.92. The second-order valence-corrected chi connectivity index (χ2v) is 6.21. The van der Waals surface area contributed by atoms with Gasteiger partial charge in [0.1, 0.15) is 0 Å². The minimum absolute atomic E-state index is 1.13. The van der Waals surface area contributed by atoms with Gasteiger partial charge in [-0.3, -0.25) is 0 Å². The molecule has 0 aromatic heterocycles. The molecule has 2 aliphatic carbocycles. The van der Waals surface area contributed by atoms with Gasteiger partial charge in [-0.25, -0.2) is 0 Å². The molecule has 2 rings (SSSR count). The molecule has 0 heterocycles. The summed E-state index contributed by atoms with van der Waals surface area (Å²) < 4.78 is 0. The van der Waals surface area contributed by atoms with Gasteiger partial charge in [-0.2, -0.15) is 0 Å². The molecule has 2 fully saturated rings. The third-order valence-corrected chi connectivity index (χ3v) is 4.97. The van der Waals surface area contributed by atoms with Gasteiger partial charge in [-0.05, 0) is 11.8 Å². The highest BCUT2D eigenvalue weighted by Crippen LogP contribution is 2.38. The van der Waals surface area contributed by atoms with Crippen LogP contribution in [0.2, 0.25) is 0 Å². The monoisotopic (exact) mass is 222 g/mol. The van der Waals surface area contributed by atoms with E-state index in [1.807, 2.05) is 0 Å². The van der Waals surface area contributed by atoms with E-state index in [0.717, 1.165) is 11.8 Å². The van der Waals surface area contributed by atoms with Crippen LogP contribution in [0.5, 0.6) is 0 Å². The van der Waals surface area contributed by atoms with Gasteiger partial charge >= 0.3 is 0 Å². The van der Waals surface area contributed by atoms with Crippen LogP contribution in [0.3, 0.4) is 0 Å². The van der Waals surface area contributed by atoms with Crippen LogP contribution >= 0.6 is 0 Å². The maximum Gasteiger partial charge on any atom is -0.0386 e. The molecule has 0 saturated heterocycles. The summed E-state index contributed by atoms with van der Waals surface area (Å²) in [4.78, 5) is 0. The lowest BCUT2D eigenvalue weighted by molar-refractivity contribution is 0.324. The largest absolute Gasteiger partial charge is 0.0533 e. The van der Waals surface area contributed by atoms with Gasteiger partial charge in [-0.1, -0.05) is 89.9 Å². The molecule has 0 aromatic rings. The highest BCUT2D eigenvalue weighted by molar-refractivity contribution is 4.77. The Morgan fingerprint density at radius 1 is 0.312 bits per heavy atom. The zero-order valence-corrected chi connectivity index (χ0v) is 11.1. The average Bonchev–Trinajstić information content (AvgIpc) is 2.73. The van der Waals surface area contributed by atoms with Crippen LogP contribution in [0, 0.1) is 11.8 Å². The van der Waals surface area contributed by atoms with E-state index in [9.17, 15) is 0 Å². The average molecular weight is 222 g/mol. The van der Waals surface area contributed by atoms with Crippen molar-refractivity contribution in [2.75, 3.05) is 0 Å². The SMILES string of the molecule is C1CCCCCC2CCCC2CCCCC1. The Bertz CT molecular complexity index is 155. The van der Waals surface area contributed by atoms with Gasteiger partial charge < -0.3 is 0 Å². The van der Waals surface area contributed by atoms with E-state index in [2.05, 4.69) is 0 Å². The molecule has 0 radical (unpaired) electrons. The first-order valence-electron chi connectivity index (χ1n) is 7.97. The molecule has 2 saturated carbocycles. The molecule has 0 N–H and O–H groups in total. The Hall–Kier alpha value is 0. The molecule has 0 aliphatic heterocycles. The van der Waals surface area contributed by atoms with Gasteiger partial charge in [0.25, 0.3) is 0 Å². The quantitative estimate of drug-likeness (QED) is 0.492. The highest BCUT2D eigenvalue weighted by atomic mass is 14.3. The molecule has 2 aliphatic rings. The third kappa shape index (κ3) is 4.11. The molecule has 94 valence electrons. The van der Waals surface area contributed by atoms with Crippen molar-refractivity contribution in [2.45, 2.75) is 89.9 Å². The van der Waals surface area contributed by atoms with Crippen LogP contribution in [0.1, 0.15) is 89.9 Å². The zero-order valence-electron chi connectivity index (χ0n) is 11.1. The molecule has 0 heteroatoms. The highest BCUT2D eigenvalue weighted by Gasteiger charge is 2.25. The van der Waals surface area contributed by atoms with E-state index < -0.39 is 0 Å². The second-order valence-electron chi connectivity index (χ2n) is 6.21. The summed E-state index contributed by atoms with van der Waals surface area (Å²) in [7, 11) is 0. The van der Waals surface area contributed by atoms with Crippen molar-refractivity contribution in [1.82, 2.24) is 0 Å². The Morgan fingerprint density at radius 3 is 1.06 bits per heavy atom. The first-order valence-corrected chi connectivity index (χ1v) is 7.97. The van der Waals surface area contributed by atoms with Gasteiger partial charge in [0.2, 0.25) is 0 Å². The number of rotatable bonds is 0. The molecule has 2 atom stereocenters. The number of hydrogen-bond donors (Lipinski definition) is 0. The standard InChI is InChI=1S/C16H30/c1-2-4-6-8-11-15-13-10-14-16(15)12-9-7-5-3-1/h15-16H,1-14H2. The van der Waals surface area contributed by atoms with Crippen LogP contribution in [0.15, 0.2) is 0 Å². The van der Waals surface area contributed by atoms with E-state index in [0.29, 0.717) is 0 Å². The molecule has 0 spiro atoms. The lowest BCUT2D eigenvalue weighted by Gasteiger charge is -2.19. The molecule has 0 aromatic carbocycles. The van der Waals surface area contributed by atoms with Gasteiger partial charge in [-0.15, -0.1) is 0 Å². The Balaban J connectivity index is 1.75. The summed E-state index contributed by atoms with van der Waals surface area (Å²) in [6, 6.07) is 0.